The summed E-state index contributed by atoms with van der Waals surface area (Å²) >= 11 is 0. The van der Waals surface area contributed by atoms with Crippen molar-refractivity contribution in [3.8, 4) is 5.75 Å². The van der Waals surface area contributed by atoms with Crippen molar-refractivity contribution in [2.45, 2.75) is 32.0 Å². The van der Waals surface area contributed by atoms with Crippen LogP contribution >= 0.6 is 0 Å². The van der Waals surface area contributed by atoms with E-state index < -0.39 is 5.97 Å². The van der Waals surface area contributed by atoms with Gasteiger partial charge in [0, 0.05) is 62.1 Å². The molecular weight excluding hydrogens is 450 g/mol. The van der Waals surface area contributed by atoms with Gasteiger partial charge in [-0.15, -0.1) is 0 Å². The fourth-order valence-electron chi connectivity index (χ4n) is 5.35. The molecule has 0 aliphatic carbocycles. The highest BCUT2D eigenvalue weighted by atomic mass is 16.5. The summed E-state index contributed by atoms with van der Waals surface area (Å²) in [5.41, 5.74) is 5.67. The zero-order valence-corrected chi connectivity index (χ0v) is 21.0. The zero-order chi connectivity index (χ0) is 24.9. The van der Waals surface area contributed by atoms with E-state index in [9.17, 15) is 9.90 Å². The van der Waals surface area contributed by atoms with E-state index >= 15 is 0 Å². The Kier molecular flexibility index (Phi) is 7.54. The number of hydrogen-bond donors (Lipinski definition) is 1. The number of rotatable bonds is 8. The Morgan fingerprint density at radius 2 is 1.53 bits per heavy atom. The molecular formula is C30H35N3O3. The zero-order valence-electron chi connectivity index (χ0n) is 21.0. The lowest BCUT2D eigenvalue weighted by Gasteiger charge is -2.40. The molecule has 36 heavy (non-hydrogen) atoms. The molecule has 6 nitrogen and oxygen atoms in total. The van der Waals surface area contributed by atoms with Crippen LogP contribution in [0, 0.1) is 0 Å². The molecule has 0 aromatic heterocycles. The third-order valence-electron chi connectivity index (χ3n) is 7.34. The lowest BCUT2D eigenvalue weighted by atomic mass is 9.94. The van der Waals surface area contributed by atoms with Gasteiger partial charge in [-0.3, -0.25) is 9.69 Å². The molecule has 1 saturated heterocycles. The van der Waals surface area contributed by atoms with Gasteiger partial charge >= 0.3 is 5.97 Å². The van der Waals surface area contributed by atoms with E-state index in [1.54, 1.807) is 0 Å². The van der Waals surface area contributed by atoms with Crippen molar-refractivity contribution >= 4 is 11.7 Å². The highest BCUT2D eigenvalue weighted by molar-refractivity contribution is 5.74. The van der Waals surface area contributed by atoms with Crippen LogP contribution in [0.1, 0.15) is 22.3 Å². The van der Waals surface area contributed by atoms with E-state index in [4.69, 9.17) is 4.74 Å². The van der Waals surface area contributed by atoms with Crippen molar-refractivity contribution in [3.63, 3.8) is 0 Å². The van der Waals surface area contributed by atoms with Crippen molar-refractivity contribution in [1.29, 1.82) is 0 Å². The number of likely N-dealkylation sites (N-methyl/N-ethyl adjacent to an activating group) is 1. The van der Waals surface area contributed by atoms with Crippen LogP contribution in [-0.2, 0) is 30.7 Å². The van der Waals surface area contributed by atoms with Gasteiger partial charge in [0.2, 0.25) is 0 Å². The Balaban J connectivity index is 1.47. The molecule has 5 rings (SSSR count). The maximum absolute atomic E-state index is 11.6. The molecule has 0 unspecified atom stereocenters. The van der Waals surface area contributed by atoms with Crippen LogP contribution in [0.25, 0.3) is 0 Å². The number of benzene rings is 3. The first-order chi connectivity index (χ1) is 17.6. The Bertz CT molecular complexity index is 1120. The van der Waals surface area contributed by atoms with Gasteiger partial charge in [0.1, 0.15) is 12.4 Å². The number of hydrogen-bond acceptors (Lipinski definition) is 5. The Morgan fingerprint density at radius 3 is 2.11 bits per heavy atom. The molecule has 0 amide bonds. The first-order valence-corrected chi connectivity index (χ1v) is 12.8. The summed E-state index contributed by atoms with van der Waals surface area (Å²) in [4.78, 5) is 18.9. The van der Waals surface area contributed by atoms with Gasteiger partial charge in [0.05, 0.1) is 6.42 Å². The maximum Gasteiger partial charge on any atom is 0.307 e. The number of anilines is 1. The second kappa shape index (κ2) is 11.1. The summed E-state index contributed by atoms with van der Waals surface area (Å²) in [6.07, 6.45) is 0.817. The van der Waals surface area contributed by atoms with Gasteiger partial charge in [-0.1, -0.05) is 66.7 Å². The number of carboxylic acid groups (broad SMARTS) is 1. The summed E-state index contributed by atoms with van der Waals surface area (Å²) in [5.74, 6) is -0.0468. The monoisotopic (exact) mass is 485 g/mol. The highest BCUT2D eigenvalue weighted by Crippen LogP contribution is 2.39. The molecule has 2 aliphatic rings. The van der Waals surface area contributed by atoms with Crippen LogP contribution in [0.5, 0.6) is 5.75 Å². The standard InChI is InChI=1S/C30H35N3O3/c1-31-14-16-32(17-15-31)28-13-12-25(18-29(34)35)30-27(28)19-26(22-36-30)33(20-23-8-4-2-5-9-23)21-24-10-6-3-7-11-24/h2-13,26H,14-22H2,1H3,(H,34,35)/t26-/m0/s1. The Hall–Kier alpha value is -3.35. The molecule has 0 spiro atoms. The normalized spacial score (nSPS) is 18.1. The first-order valence-electron chi connectivity index (χ1n) is 12.8. The van der Waals surface area contributed by atoms with Crippen LogP contribution in [-0.4, -0.2) is 66.8 Å². The lowest BCUT2D eigenvalue weighted by Crippen LogP contribution is -2.46. The summed E-state index contributed by atoms with van der Waals surface area (Å²) in [7, 11) is 2.16. The van der Waals surface area contributed by atoms with Gasteiger partial charge in [-0.25, -0.2) is 0 Å². The minimum Gasteiger partial charge on any atom is -0.491 e. The summed E-state index contributed by atoms with van der Waals surface area (Å²) in [6.45, 7) is 6.17. The van der Waals surface area contributed by atoms with Crippen molar-refractivity contribution in [2.75, 3.05) is 44.7 Å². The first kappa shape index (κ1) is 24.3. The van der Waals surface area contributed by atoms with E-state index in [0.717, 1.165) is 62.6 Å². The molecule has 1 atom stereocenters. The predicted molar refractivity (Wildman–Crippen MR) is 143 cm³/mol. The summed E-state index contributed by atoms with van der Waals surface area (Å²) in [5, 5.41) is 9.50. The summed E-state index contributed by atoms with van der Waals surface area (Å²) in [6, 6.07) is 25.4. The average molecular weight is 486 g/mol. The van der Waals surface area contributed by atoms with Crippen molar-refractivity contribution in [2.24, 2.45) is 0 Å². The second-order valence-electron chi connectivity index (χ2n) is 9.96. The molecule has 0 saturated carbocycles. The fourth-order valence-corrected chi connectivity index (χ4v) is 5.35. The van der Waals surface area contributed by atoms with Crippen LogP contribution in [0.4, 0.5) is 5.69 Å². The third kappa shape index (κ3) is 5.72. The van der Waals surface area contributed by atoms with Gasteiger partial charge in [0.15, 0.2) is 0 Å². The minimum absolute atomic E-state index is 0.0201. The lowest BCUT2D eigenvalue weighted by molar-refractivity contribution is -0.136. The quantitative estimate of drug-likeness (QED) is 0.519. The predicted octanol–water partition coefficient (Wildman–Crippen LogP) is 4.07. The van der Waals surface area contributed by atoms with Gasteiger partial charge in [0.25, 0.3) is 0 Å². The van der Waals surface area contributed by atoms with Gasteiger partial charge in [-0.2, -0.15) is 0 Å². The van der Waals surface area contributed by atoms with E-state index in [2.05, 4.69) is 88.5 Å². The number of fused-ring (bicyclic) bond motifs is 1. The van der Waals surface area contributed by atoms with E-state index in [1.807, 2.05) is 6.07 Å². The van der Waals surface area contributed by atoms with E-state index in [-0.39, 0.29) is 12.5 Å². The van der Waals surface area contributed by atoms with E-state index in [0.29, 0.717) is 6.61 Å². The minimum atomic E-state index is -0.829. The SMILES string of the molecule is CN1CCN(c2ccc(CC(=O)O)c3c2C[C@H](N(Cc2ccccc2)Cc2ccccc2)CO3)CC1. The van der Waals surface area contributed by atoms with Gasteiger partial charge in [-0.05, 0) is 30.7 Å². The molecule has 1 fully saturated rings. The molecule has 6 heteroatoms. The summed E-state index contributed by atoms with van der Waals surface area (Å²) < 4.78 is 6.44. The molecule has 1 N–H and O–H groups in total. The number of nitrogens with zero attached hydrogens (tertiary/aromatic N) is 3. The Labute approximate surface area is 213 Å². The molecule has 2 heterocycles. The number of carbonyl (C=O) groups is 1. The average Bonchev–Trinajstić information content (AvgIpc) is 2.90. The second-order valence-corrected chi connectivity index (χ2v) is 9.96. The molecule has 2 aliphatic heterocycles. The third-order valence-corrected chi connectivity index (χ3v) is 7.34. The van der Waals surface area contributed by atoms with Crippen LogP contribution < -0.4 is 9.64 Å². The topological polar surface area (TPSA) is 56.2 Å². The highest BCUT2D eigenvalue weighted by Gasteiger charge is 2.31. The number of ether oxygens (including phenoxy) is 1. The van der Waals surface area contributed by atoms with Gasteiger partial charge < -0.3 is 19.6 Å². The van der Waals surface area contributed by atoms with Crippen molar-refractivity contribution in [3.05, 3.63) is 95.1 Å². The molecule has 3 aromatic carbocycles. The largest absolute Gasteiger partial charge is 0.491 e. The number of aliphatic carboxylic acids is 1. The molecule has 3 aromatic rings. The smallest absolute Gasteiger partial charge is 0.307 e. The van der Waals surface area contributed by atoms with Crippen LogP contribution in [0.2, 0.25) is 0 Å². The molecule has 0 bridgehead atoms. The molecule has 0 radical (unpaired) electrons. The maximum atomic E-state index is 11.6. The number of carboxylic acids is 1. The fraction of sp³-hybridized carbons (Fsp3) is 0.367. The van der Waals surface area contributed by atoms with E-state index in [1.165, 1.54) is 16.8 Å². The van der Waals surface area contributed by atoms with Crippen LogP contribution in [0.15, 0.2) is 72.8 Å². The molecule has 188 valence electrons. The van der Waals surface area contributed by atoms with Crippen molar-refractivity contribution in [1.82, 2.24) is 9.80 Å². The van der Waals surface area contributed by atoms with Crippen LogP contribution in [0.3, 0.4) is 0 Å². The van der Waals surface area contributed by atoms with Crippen molar-refractivity contribution < 1.29 is 14.6 Å². The number of piperazine rings is 1. The Morgan fingerprint density at radius 1 is 0.917 bits per heavy atom.